The Hall–Kier alpha value is -2.95. The summed E-state index contributed by atoms with van der Waals surface area (Å²) in [6.45, 7) is 8.55. The van der Waals surface area contributed by atoms with Crippen LogP contribution in [-0.2, 0) is 6.54 Å². The first-order chi connectivity index (χ1) is 12.0. The quantitative estimate of drug-likeness (QED) is 0.582. The highest BCUT2D eigenvalue weighted by Gasteiger charge is 2.09. The third kappa shape index (κ3) is 3.31. The third-order valence-electron chi connectivity index (χ3n) is 4.43. The Morgan fingerprint density at radius 2 is 1.92 bits per heavy atom. The predicted molar refractivity (Wildman–Crippen MR) is 103 cm³/mol. The monoisotopic (exact) mass is 334 g/mol. The van der Waals surface area contributed by atoms with Crippen molar-refractivity contribution in [3.8, 4) is 0 Å². The molecular formula is C20H22N4O. The SMILES string of the molecule is CCn1c(N/N=C(/C)c2ccc(C)c(C)c2)nc2ccccc2c1=O. The molecule has 0 radical (unpaired) electrons. The lowest BCUT2D eigenvalue weighted by molar-refractivity contribution is 0.724. The largest absolute Gasteiger partial charge is 0.277 e. The summed E-state index contributed by atoms with van der Waals surface area (Å²) in [5, 5.41) is 5.05. The molecule has 0 aliphatic rings. The molecule has 3 rings (SSSR count). The van der Waals surface area contributed by atoms with E-state index in [2.05, 4.69) is 41.5 Å². The van der Waals surface area contributed by atoms with Gasteiger partial charge < -0.3 is 0 Å². The van der Waals surface area contributed by atoms with Gasteiger partial charge in [0.15, 0.2) is 0 Å². The molecule has 0 fully saturated rings. The van der Waals surface area contributed by atoms with E-state index in [9.17, 15) is 4.79 Å². The number of hydrogen-bond donors (Lipinski definition) is 1. The van der Waals surface area contributed by atoms with Gasteiger partial charge in [0.05, 0.1) is 16.6 Å². The maximum atomic E-state index is 12.6. The summed E-state index contributed by atoms with van der Waals surface area (Å²) in [6.07, 6.45) is 0. The number of hydrogen-bond acceptors (Lipinski definition) is 4. The van der Waals surface area contributed by atoms with Crippen molar-refractivity contribution in [2.75, 3.05) is 5.43 Å². The smallest absolute Gasteiger partial charge is 0.262 e. The van der Waals surface area contributed by atoms with Gasteiger partial charge in [-0.05, 0) is 62.6 Å². The number of nitrogens with zero attached hydrogens (tertiary/aromatic N) is 3. The number of nitrogens with one attached hydrogen (secondary N) is 1. The second-order valence-electron chi connectivity index (χ2n) is 6.11. The summed E-state index contributed by atoms with van der Waals surface area (Å²) in [6, 6.07) is 13.6. The van der Waals surface area contributed by atoms with Crippen molar-refractivity contribution in [1.29, 1.82) is 0 Å². The van der Waals surface area contributed by atoms with E-state index in [-0.39, 0.29) is 5.56 Å². The van der Waals surface area contributed by atoms with Crippen LogP contribution in [-0.4, -0.2) is 15.3 Å². The molecule has 0 saturated heterocycles. The lowest BCUT2D eigenvalue weighted by Gasteiger charge is -2.11. The highest BCUT2D eigenvalue weighted by atomic mass is 16.1. The van der Waals surface area contributed by atoms with Crippen LogP contribution < -0.4 is 11.0 Å². The molecule has 5 nitrogen and oxygen atoms in total. The van der Waals surface area contributed by atoms with Gasteiger partial charge in [0.2, 0.25) is 5.95 Å². The van der Waals surface area contributed by atoms with Gasteiger partial charge >= 0.3 is 0 Å². The predicted octanol–water partition coefficient (Wildman–Crippen LogP) is 3.87. The molecule has 0 saturated carbocycles. The molecule has 3 aromatic rings. The van der Waals surface area contributed by atoms with Crippen LogP contribution in [0.1, 0.15) is 30.5 Å². The van der Waals surface area contributed by atoms with Gasteiger partial charge in [0.25, 0.3) is 5.56 Å². The zero-order valence-corrected chi connectivity index (χ0v) is 15.0. The average Bonchev–Trinajstić information content (AvgIpc) is 2.62. The molecule has 5 heteroatoms. The van der Waals surface area contributed by atoms with E-state index in [4.69, 9.17) is 0 Å². The normalized spacial score (nSPS) is 11.8. The van der Waals surface area contributed by atoms with Crippen molar-refractivity contribution >= 4 is 22.6 Å². The van der Waals surface area contributed by atoms with Crippen LogP contribution in [0.4, 0.5) is 5.95 Å². The zero-order valence-electron chi connectivity index (χ0n) is 15.0. The number of benzene rings is 2. The Morgan fingerprint density at radius 3 is 2.64 bits per heavy atom. The van der Waals surface area contributed by atoms with Crippen molar-refractivity contribution in [1.82, 2.24) is 9.55 Å². The van der Waals surface area contributed by atoms with E-state index in [1.54, 1.807) is 10.6 Å². The van der Waals surface area contributed by atoms with E-state index in [1.807, 2.05) is 38.1 Å². The lowest BCUT2D eigenvalue weighted by Crippen LogP contribution is -2.23. The molecular weight excluding hydrogens is 312 g/mol. The average molecular weight is 334 g/mol. The molecule has 0 atom stereocenters. The van der Waals surface area contributed by atoms with Gasteiger partial charge in [-0.25, -0.2) is 10.4 Å². The van der Waals surface area contributed by atoms with E-state index in [1.165, 1.54) is 11.1 Å². The molecule has 1 heterocycles. The van der Waals surface area contributed by atoms with Crippen LogP contribution in [0.25, 0.3) is 10.9 Å². The standard InChI is InChI=1S/C20H22N4O/c1-5-24-19(25)17-8-6-7-9-18(17)21-20(24)23-22-15(4)16-11-10-13(2)14(3)12-16/h6-12H,5H2,1-4H3,(H,21,23)/b22-15-. The van der Waals surface area contributed by atoms with Crippen molar-refractivity contribution in [3.63, 3.8) is 0 Å². The minimum absolute atomic E-state index is 0.0605. The van der Waals surface area contributed by atoms with E-state index >= 15 is 0 Å². The number of anilines is 1. The third-order valence-corrected chi connectivity index (χ3v) is 4.43. The zero-order chi connectivity index (χ0) is 18.0. The second kappa shape index (κ2) is 6.89. The minimum Gasteiger partial charge on any atom is -0.277 e. The fourth-order valence-electron chi connectivity index (χ4n) is 2.71. The number of para-hydroxylation sites is 1. The molecule has 2 aromatic carbocycles. The van der Waals surface area contributed by atoms with E-state index in [0.717, 1.165) is 11.3 Å². The summed E-state index contributed by atoms with van der Waals surface area (Å²) in [4.78, 5) is 17.2. The highest BCUT2D eigenvalue weighted by Crippen LogP contribution is 2.13. The van der Waals surface area contributed by atoms with Gasteiger partial charge in [-0.3, -0.25) is 9.36 Å². The summed E-state index contributed by atoms with van der Waals surface area (Å²) in [5.41, 5.74) is 7.93. The van der Waals surface area contributed by atoms with Crippen LogP contribution in [0, 0.1) is 13.8 Å². The maximum absolute atomic E-state index is 12.6. The lowest BCUT2D eigenvalue weighted by atomic mass is 10.0. The topological polar surface area (TPSA) is 59.3 Å². The first-order valence-corrected chi connectivity index (χ1v) is 8.38. The van der Waals surface area contributed by atoms with Gasteiger partial charge in [-0.1, -0.05) is 24.3 Å². The fourth-order valence-corrected chi connectivity index (χ4v) is 2.71. The Kier molecular flexibility index (Phi) is 4.65. The van der Waals surface area contributed by atoms with Gasteiger partial charge in [0.1, 0.15) is 0 Å². The highest BCUT2D eigenvalue weighted by molar-refractivity contribution is 5.99. The van der Waals surface area contributed by atoms with Crippen LogP contribution >= 0.6 is 0 Å². The van der Waals surface area contributed by atoms with Gasteiger partial charge in [-0.15, -0.1) is 0 Å². The summed E-state index contributed by atoms with van der Waals surface area (Å²) >= 11 is 0. The van der Waals surface area contributed by atoms with Crippen LogP contribution in [0.2, 0.25) is 0 Å². The minimum atomic E-state index is -0.0605. The Labute approximate surface area is 147 Å². The van der Waals surface area contributed by atoms with Crippen LogP contribution in [0.3, 0.4) is 0 Å². The Bertz CT molecular complexity index is 1020. The molecule has 1 aromatic heterocycles. The molecule has 0 aliphatic carbocycles. The van der Waals surface area contributed by atoms with Crippen LogP contribution in [0.5, 0.6) is 0 Å². The van der Waals surface area contributed by atoms with Crippen molar-refractivity contribution in [2.45, 2.75) is 34.2 Å². The van der Waals surface area contributed by atoms with Crippen molar-refractivity contribution in [2.24, 2.45) is 5.10 Å². The van der Waals surface area contributed by atoms with Gasteiger partial charge in [0, 0.05) is 6.54 Å². The fraction of sp³-hybridized carbons (Fsp3) is 0.250. The number of aromatic nitrogens is 2. The number of hydrazone groups is 1. The first kappa shape index (κ1) is 16.9. The van der Waals surface area contributed by atoms with Gasteiger partial charge in [-0.2, -0.15) is 5.10 Å². The number of rotatable bonds is 4. The molecule has 0 unspecified atom stereocenters. The molecule has 0 aliphatic heterocycles. The van der Waals surface area contributed by atoms with Crippen molar-refractivity contribution < 1.29 is 0 Å². The molecule has 0 spiro atoms. The summed E-state index contributed by atoms with van der Waals surface area (Å²) in [7, 11) is 0. The molecule has 0 amide bonds. The van der Waals surface area contributed by atoms with Crippen LogP contribution in [0.15, 0.2) is 52.4 Å². The molecule has 1 N–H and O–H groups in total. The molecule has 0 bridgehead atoms. The Morgan fingerprint density at radius 1 is 1.16 bits per heavy atom. The van der Waals surface area contributed by atoms with E-state index < -0.39 is 0 Å². The van der Waals surface area contributed by atoms with Crippen molar-refractivity contribution in [3.05, 3.63) is 69.5 Å². The number of aryl methyl sites for hydroxylation is 2. The first-order valence-electron chi connectivity index (χ1n) is 8.38. The summed E-state index contributed by atoms with van der Waals surface area (Å²) < 4.78 is 1.60. The van der Waals surface area contributed by atoms with E-state index in [0.29, 0.717) is 23.4 Å². The maximum Gasteiger partial charge on any atom is 0.262 e. The second-order valence-corrected chi connectivity index (χ2v) is 6.11. The molecule has 128 valence electrons. The number of fused-ring (bicyclic) bond motifs is 1. The molecule has 25 heavy (non-hydrogen) atoms. The Balaban J connectivity index is 1.99. The summed E-state index contributed by atoms with van der Waals surface area (Å²) in [5.74, 6) is 0.453.